The first-order chi connectivity index (χ1) is 8.76. The van der Waals surface area contributed by atoms with Crippen LogP contribution in [0.25, 0.3) is 0 Å². The van der Waals surface area contributed by atoms with E-state index in [0.29, 0.717) is 26.1 Å². The number of carbonyl (C=O) groups excluding carboxylic acids is 1. The Hall–Kier alpha value is -1.75. The second-order valence-electron chi connectivity index (χ2n) is 3.59. The van der Waals surface area contributed by atoms with E-state index in [1.165, 1.54) is 0 Å². The van der Waals surface area contributed by atoms with Gasteiger partial charge < -0.3 is 9.47 Å². The second kappa shape index (κ2) is 8.36. The molecule has 0 radical (unpaired) electrons. The van der Waals surface area contributed by atoms with E-state index >= 15 is 0 Å². The van der Waals surface area contributed by atoms with Crippen LogP contribution < -0.4 is 15.0 Å². The summed E-state index contributed by atoms with van der Waals surface area (Å²) in [6.45, 7) is 2.77. The van der Waals surface area contributed by atoms with Crippen LogP contribution in [0.1, 0.15) is 19.8 Å². The van der Waals surface area contributed by atoms with Crippen molar-refractivity contribution in [3.05, 3.63) is 24.3 Å². The molecule has 18 heavy (non-hydrogen) atoms. The monoisotopic (exact) mass is 253 g/mol. The minimum atomic E-state index is -0.129. The van der Waals surface area contributed by atoms with Crippen LogP contribution in [0.5, 0.6) is 11.5 Å². The van der Waals surface area contributed by atoms with Gasteiger partial charge in [0, 0.05) is 6.42 Å². The van der Waals surface area contributed by atoms with Crippen molar-refractivity contribution in [1.29, 1.82) is 0 Å². The Bertz CT molecular complexity index is 351. The predicted molar refractivity (Wildman–Crippen MR) is 67.5 cm³/mol. The Kier molecular flexibility index (Phi) is 6.64. The summed E-state index contributed by atoms with van der Waals surface area (Å²) in [5.74, 6) is 1.43. The van der Waals surface area contributed by atoms with Crippen LogP contribution in [0.15, 0.2) is 24.3 Å². The van der Waals surface area contributed by atoms with Gasteiger partial charge in [0.2, 0.25) is 5.91 Å². The third-order valence-electron chi connectivity index (χ3n) is 2.21. The quantitative estimate of drug-likeness (QED) is 0.568. The lowest BCUT2D eigenvalue weighted by molar-refractivity contribution is -0.133. The maximum Gasteiger partial charge on any atom is 0.243 e. The molecular weight excluding hydrogens is 234 g/mol. The molecule has 0 spiro atoms. The third kappa shape index (κ3) is 5.54. The first-order valence-corrected chi connectivity index (χ1v) is 5.93. The van der Waals surface area contributed by atoms with E-state index in [9.17, 15) is 4.79 Å². The molecule has 1 aromatic rings. The highest BCUT2D eigenvalue weighted by Crippen LogP contribution is 2.17. The number of carbonyl (C=O) groups is 1. The molecule has 5 nitrogen and oxygen atoms in total. The maximum absolute atomic E-state index is 11.2. The molecule has 100 valence electrons. The van der Waals surface area contributed by atoms with Gasteiger partial charge in [-0.05, 0) is 37.6 Å². The van der Waals surface area contributed by atoms with E-state index in [-0.39, 0.29) is 5.91 Å². The average molecular weight is 253 g/mol. The van der Waals surface area contributed by atoms with E-state index in [0.717, 1.165) is 11.5 Å². The van der Waals surface area contributed by atoms with Gasteiger partial charge in [-0.25, -0.2) is 5.48 Å². The highest BCUT2D eigenvalue weighted by molar-refractivity contribution is 5.74. The first-order valence-electron chi connectivity index (χ1n) is 5.93. The zero-order chi connectivity index (χ0) is 13.2. The highest BCUT2D eigenvalue weighted by Gasteiger charge is 2.01. The summed E-state index contributed by atoms with van der Waals surface area (Å²) in [5, 5.41) is 0. The van der Waals surface area contributed by atoms with Crippen molar-refractivity contribution in [2.24, 2.45) is 0 Å². The number of ether oxygens (including phenoxy) is 2. The summed E-state index contributed by atoms with van der Waals surface area (Å²) in [4.78, 5) is 16.0. The Balaban J connectivity index is 2.15. The van der Waals surface area contributed by atoms with Gasteiger partial charge in [-0.2, -0.15) is 0 Å². The Morgan fingerprint density at radius 1 is 1.22 bits per heavy atom. The lowest BCUT2D eigenvalue weighted by Crippen LogP contribution is -2.23. The number of nitrogens with one attached hydrogen (secondary N) is 1. The summed E-state index contributed by atoms with van der Waals surface area (Å²) in [5.41, 5.74) is 2.34. The summed E-state index contributed by atoms with van der Waals surface area (Å²) in [6.07, 6.45) is 1.03. The van der Waals surface area contributed by atoms with E-state index in [4.69, 9.17) is 14.3 Å². The topological polar surface area (TPSA) is 56.8 Å². The number of rotatable bonds is 8. The van der Waals surface area contributed by atoms with Crippen molar-refractivity contribution in [3.8, 4) is 11.5 Å². The number of benzene rings is 1. The van der Waals surface area contributed by atoms with Crippen molar-refractivity contribution in [1.82, 2.24) is 5.48 Å². The third-order valence-corrected chi connectivity index (χ3v) is 2.21. The molecule has 0 atom stereocenters. The maximum atomic E-state index is 11.2. The molecule has 0 aromatic heterocycles. The van der Waals surface area contributed by atoms with E-state index < -0.39 is 0 Å². The zero-order valence-electron chi connectivity index (χ0n) is 10.8. The molecule has 0 bridgehead atoms. The minimum Gasteiger partial charge on any atom is -0.497 e. The van der Waals surface area contributed by atoms with Crippen molar-refractivity contribution >= 4 is 5.91 Å². The van der Waals surface area contributed by atoms with Crippen LogP contribution >= 0.6 is 0 Å². The molecule has 5 heteroatoms. The molecule has 1 amide bonds. The fourth-order valence-corrected chi connectivity index (χ4v) is 1.30. The van der Waals surface area contributed by atoms with Crippen LogP contribution in [0.2, 0.25) is 0 Å². The largest absolute Gasteiger partial charge is 0.497 e. The normalized spacial score (nSPS) is 9.89. The number of hydrogen-bond donors (Lipinski definition) is 1. The molecule has 0 saturated carbocycles. The summed E-state index contributed by atoms with van der Waals surface area (Å²) >= 11 is 0. The van der Waals surface area contributed by atoms with Gasteiger partial charge in [-0.15, -0.1) is 0 Å². The van der Waals surface area contributed by atoms with Gasteiger partial charge in [0.1, 0.15) is 11.5 Å². The number of hydrogen-bond acceptors (Lipinski definition) is 4. The SMILES string of the molecule is CCONC(=O)CCCOc1ccc(OC)cc1. The molecule has 1 aromatic carbocycles. The molecule has 1 N–H and O–H groups in total. The summed E-state index contributed by atoms with van der Waals surface area (Å²) in [6, 6.07) is 7.33. The number of hydroxylamine groups is 1. The Labute approximate surface area is 107 Å². The van der Waals surface area contributed by atoms with Crippen LogP contribution in [-0.4, -0.2) is 26.2 Å². The molecule has 0 aliphatic heterocycles. The molecule has 0 saturated heterocycles. The second-order valence-corrected chi connectivity index (χ2v) is 3.59. The predicted octanol–water partition coefficient (Wildman–Crippen LogP) is 1.92. The lowest BCUT2D eigenvalue weighted by Gasteiger charge is -2.07. The van der Waals surface area contributed by atoms with Crippen molar-refractivity contribution in [2.45, 2.75) is 19.8 Å². The lowest BCUT2D eigenvalue weighted by atomic mass is 10.3. The molecular formula is C13H19NO4. The fraction of sp³-hybridized carbons (Fsp3) is 0.462. The van der Waals surface area contributed by atoms with Crippen molar-refractivity contribution < 1.29 is 19.1 Å². The minimum absolute atomic E-state index is 0.129. The Morgan fingerprint density at radius 2 is 1.89 bits per heavy atom. The molecule has 0 aliphatic rings. The smallest absolute Gasteiger partial charge is 0.243 e. The highest BCUT2D eigenvalue weighted by atomic mass is 16.6. The van der Waals surface area contributed by atoms with Crippen LogP contribution in [0.3, 0.4) is 0 Å². The summed E-state index contributed by atoms with van der Waals surface area (Å²) in [7, 11) is 1.62. The molecule has 1 rings (SSSR count). The molecule has 0 unspecified atom stereocenters. The van der Waals surface area contributed by atoms with Gasteiger partial charge >= 0.3 is 0 Å². The molecule has 0 fully saturated rings. The van der Waals surface area contributed by atoms with Crippen LogP contribution in [0, 0.1) is 0 Å². The van der Waals surface area contributed by atoms with E-state index in [1.807, 2.05) is 31.2 Å². The molecule has 0 aliphatic carbocycles. The standard InChI is InChI=1S/C13H19NO4/c1-3-18-14-13(15)5-4-10-17-12-8-6-11(16-2)7-9-12/h6-9H,3-5,10H2,1-2H3,(H,14,15). The van der Waals surface area contributed by atoms with E-state index in [1.54, 1.807) is 7.11 Å². The van der Waals surface area contributed by atoms with E-state index in [2.05, 4.69) is 5.48 Å². The van der Waals surface area contributed by atoms with Crippen molar-refractivity contribution in [2.75, 3.05) is 20.3 Å². The Morgan fingerprint density at radius 3 is 2.50 bits per heavy atom. The van der Waals surface area contributed by atoms with Gasteiger partial charge in [-0.1, -0.05) is 0 Å². The number of methoxy groups -OCH3 is 1. The number of amides is 1. The average Bonchev–Trinajstić information content (AvgIpc) is 2.42. The van der Waals surface area contributed by atoms with Crippen LogP contribution in [0.4, 0.5) is 0 Å². The fourth-order valence-electron chi connectivity index (χ4n) is 1.30. The van der Waals surface area contributed by atoms with Crippen LogP contribution in [-0.2, 0) is 9.63 Å². The first kappa shape index (κ1) is 14.3. The summed E-state index contributed by atoms with van der Waals surface area (Å²) < 4.78 is 10.5. The molecule has 0 heterocycles. The van der Waals surface area contributed by atoms with Gasteiger partial charge in [0.15, 0.2) is 0 Å². The van der Waals surface area contributed by atoms with Gasteiger partial charge in [-0.3, -0.25) is 9.63 Å². The van der Waals surface area contributed by atoms with Gasteiger partial charge in [0.25, 0.3) is 0 Å². The zero-order valence-corrected chi connectivity index (χ0v) is 10.8. The van der Waals surface area contributed by atoms with Gasteiger partial charge in [0.05, 0.1) is 20.3 Å². The van der Waals surface area contributed by atoms with Crippen molar-refractivity contribution in [3.63, 3.8) is 0 Å².